The number of nitrogens with zero attached hydrogens (tertiary/aromatic N) is 1. The van der Waals surface area contributed by atoms with E-state index in [0.717, 1.165) is 0 Å². The molecule has 0 aliphatic rings. The summed E-state index contributed by atoms with van der Waals surface area (Å²) >= 11 is 0. The fourth-order valence-electron chi connectivity index (χ4n) is 1.30. The lowest BCUT2D eigenvalue weighted by molar-refractivity contribution is -0.146. The molecule has 0 saturated heterocycles. The molecule has 0 unspecified atom stereocenters. The molecule has 8 heteroatoms. The molecule has 1 aromatic carbocycles. The van der Waals surface area contributed by atoms with Gasteiger partial charge in [-0.3, -0.25) is 0 Å². The Morgan fingerprint density at radius 3 is 2.48 bits per heavy atom. The number of para-hydroxylation sites is 1. The van der Waals surface area contributed by atoms with E-state index in [-0.39, 0.29) is 19.0 Å². The first-order valence-electron chi connectivity index (χ1n) is 6.93. The molecule has 0 aliphatic carbocycles. The first-order chi connectivity index (χ1) is 10.8. The second kappa shape index (κ2) is 8.62. The van der Waals surface area contributed by atoms with Crippen LogP contribution in [0, 0.1) is 0 Å². The van der Waals surface area contributed by atoms with E-state index in [1.807, 2.05) is 6.07 Å². The van der Waals surface area contributed by atoms with Gasteiger partial charge in [-0.25, -0.2) is 9.59 Å². The van der Waals surface area contributed by atoms with Crippen molar-refractivity contribution in [1.82, 2.24) is 5.32 Å². The van der Waals surface area contributed by atoms with E-state index in [4.69, 9.17) is 15.2 Å². The molecular formula is C15H21N3O5. The highest BCUT2D eigenvalue weighted by Crippen LogP contribution is 2.08. The smallest absolute Gasteiger partial charge is 0.408 e. The van der Waals surface area contributed by atoms with Crippen LogP contribution in [0.5, 0.6) is 5.75 Å². The molecule has 0 aromatic heterocycles. The third-order valence-corrected chi connectivity index (χ3v) is 2.18. The maximum atomic E-state index is 11.4. The number of carbonyl (C=O) groups excluding carboxylic acids is 2. The van der Waals surface area contributed by atoms with E-state index >= 15 is 0 Å². The van der Waals surface area contributed by atoms with Crippen LogP contribution in [0.15, 0.2) is 35.5 Å². The summed E-state index contributed by atoms with van der Waals surface area (Å²) in [6.07, 6.45) is -0.644. The number of oxime groups is 1. The van der Waals surface area contributed by atoms with Gasteiger partial charge in [-0.2, -0.15) is 0 Å². The van der Waals surface area contributed by atoms with E-state index in [0.29, 0.717) is 5.75 Å². The van der Waals surface area contributed by atoms with E-state index in [1.54, 1.807) is 45.0 Å². The second-order valence-electron chi connectivity index (χ2n) is 5.50. The van der Waals surface area contributed by atoms with Crippen LogP contribution in [-0.2, 0) is 14.4 Å². The number of amides is 1. The highest BCUT2D eigenvalue weighted by Gasteiger charge is 2.16. The third kappa shape index (κ3) is 8.97. The molecule has 0 spiro atoms. The van der Waals surface area contributed by atoms with Gasteiger partial charge in [-0.15, -0.1) is 0 Å². The zero-order valence-corrected chi connectivity index (χ0v) is 13.4. The van der Waals surface area contributed by atoms with Gasteiger partial charge in [0.25, 0.3) is 0 Å². The molecule has 0 heterocycles. The zero-order valence-electron chi connectivity index (χ0n) is 13.4. The SMILES string of the molecule is CC(C)(C)OC(=O)NC/C(N)=N/OC(=O)COc1ccccc1. The summed E-state index contributed by atoms with van der Waals surface area (Å²) in [7, 11) is 0. The number of rotatable bonds is 6. The number of hydrogen-bond acceptors (Lipinski definition) is 6. The van der Waals surface area contributed by atoms with Gasteiger partial charge in [0.1, 0.15) is 11.4 Å². The lowest BCUT2D eigenvalue weighted by Crippen LogP contribution is -2.37. The molecule has 8 nitrogen and oxygen atoms in total. The van der Waals surface area contributed by atoms with Crippen molar-refractivity contribution in [3.05, 3.63) is 30.3 Å². The van der Waals surface area contributed by atoms with Crippen molar-refractivity contribution >= 4 is 17.9 Å². The molecule has 3 N–H and O–H groups in total. The molecule has 0 fully saturated rings. The summed E-state index contributed by atoms with van der Waals surface area (Å²) in [4.78, 5) is 27.4. The maximum Gasteiger partial charge on any atom is 0.408 e. The summed E-state index contributed by atoms with van der Waals surface area (Å²) in [6.45, 7) is 4.79. The Labute approximate surface area is 134 Å². The first kappa shape index (κ1) is 18.3. The van der Waals surface area contributed by atoms with E-state index < -0.39 is 17.7 Å². The Morgan fingerprint density at radius 2 is 1.87 bits per heavy atom. The quantitative estimate of drug-likeness (QED) is 0.354. The van der Waals surface area contributed by atoms with Gasteiger partial charge in [0.05, 0.1) is 6.54 Å². The number of ether oxygens (including phenoxy) is 2. The molecule has 0 radical (unpaired) electrons. The summed E-state index contributed by atoms with van der Waals surface area (Å²) in [5, 5.41) is 5.78. The van der Waals surface area contributed by atoms with E-state index in [1.165, 1.54) is 0 Å². The molecule has 0 atom stereocenters. The van der Waals surface area contributed by atoms with Crippen LogP contribution in [0.2, 0.25) is 0 Å². The second-order valence-corrected chi connectivity index (χ2v) is 5.50. The van der Waals surface area contributed by atoms with Crippen LogP contribution < -0.4 is 15.8 Å². The van der Waals surface area contributed by atoms with E-state index in [9.17, 15) is 9.59 Å². The van der Waals surface area contributed by atoms with Crippen LogP contribution in [-0.4, -0.2) is 36.7 Å². The first-order valence-corrected chi connectivity index (χ1v) is 6.93. The minimum atomic E-state index is -0.714. The Morgan fingerprint density at radius 1 is 1.22 bits per heavy atom. The number of alkyl carbamates (subject to hydrolysis) is 1. The van der Waals surface area contributed by atoms with Crippen LogP contribution in [0.25, 0.3) is 0 Å². The third-order valence-electron chi connectivity index (χ3n) is 2.18. The topological polar surface area (TPSA) is 112 Å². The number of hydrogen-bond donors (Lipinski definition) is 2. The zero-order chi connectivity index (χ0) is 17.3. The van der Waals surface area contributed by atoms with Crippen molar-refractivity contribution in [2.45, 2.75) is 26.4 Å². The molecule has 1 amide bonds. The fourth-order valence-corrected chi connectivity index (χ4v) is 1.30. The largest absolute Gasteiger partial charge is 0.482 e. The van der Waals surface area contributed by atoms with Crippen LogP contribution in [0.3, 0.4) is 0 Å². The van der Waals surface area contributed by atoms with Crippen molar-refractivity contribution < 1.29 is 23.9 Å². The number of benzene rings is 1. The van der Waals surface area contributed by atoms with Gasteiger partial charge in [0.2, 0.25) is 0 Å². The molecule has 0 bridgehead atoms. The van der Waals surface area contributed by atoms with Gasteiger partial charge in [0.15, 0.2) is 12.4 Å². The maximum absolute atomic E-state index is 11.4. The number of nitrogens with one attached hydrogen (secondary N) is 1. The predicted octanol–water partition coefficient (Wildman–Crippen LogP) is 1.41. The Balaban J connectivity index is 2.27. The lowest BCUT2D eigenvalue weighted by atomic mass is 10.2. The summed E-state index contributed by atoms with van der Waals surface area (Å²) in [5.41, 5.74) is 4.89. The lowest BCUT2D eigenvalue weighted by Gasteiger charge is -2.19. The summed E-state index contributed by atoms with van der Waals surface area (Å²) in [6, 6.07) is 8.79. The minimum absolute atomic E-state index is 0.0797. The molecule has 23 heavy (non-hydrogen) atoms. The van der Waals surface area contributed by atoms with Crippen LogP contribution in [0.4, 0.5) is 4.79 Å². The van der Waals surface area contributed by atoms with Gasteiger partial charge in [-0.05, 0) is 32.9 Å². The number of amidine groups is 1. The molecule has 1 rings (SSSR count). The van der Waals surface area contributed by atoms with Crippen LogP contribution >= 0.6 is 0 Å². The Hall–Kier alpha value is -2.77. The van der Waals surface area contributed by atoms with Crippen molar-refractivity contribution in [3.8, 4) is 5.75 Å². The molecule has 1 aromatic rings. The van der Waals surface area contributed by atoms with Crippen molar-refractivity contribution in [2.75, 3.05) is 13.2 Å². The fraction of sp³-hybridized carbons (Fsp3) is 0.400. The van der Waals surface area contributed by atoms with Crippen molar-refractivity contribution in [1.29, 1.82) is 0 Å². The summed E-state index contributed by atoms with van der Waals surface area (Å²) < 4.78 is 10.2. The average Bonchev–Trinajstić information content (AvgIpc) is 2.48. The number of nitrogens with two attached hydrogens (primary N) is 1. The van der Waals surface area contributed by atoms with Crippen molar-refractivity contribution in [3.63, 3.8) is 0 Å². The van der Waals surface area contributed by atoms with Gasteiger partial charge in [0, 0.05) is 0 Å². The average molecular weight is 323 g/mol. The van der Waals surface area contributed by atoms with Crippen molar-refractivity contribution in [2.24, 2.45) is 10.9 Å². The number of carbonyl (C=O) groups is 2. The standard InChI is InChI=1S/C15H21N3O5/c1-15(2,3)22-14(20)17-9-12(16)18-23-13(19)10-21-11-7-5-4-6-8-11/h4-8H,9-10H2,1-3H3,(H2,16,18)(H,17,20). The van der Waals surface area contributed by atoms with Crippen LogP contribution in [0.1, 0.15) is 20.8 Å². The van der Waals surface area contributed by atoms with Gasteiger partial charge in [-0.1, -0.05) is 23.4 Å². The highest BCUT2D eigenvalue weighted by atomic mass is 16.7. The van der Waals surface area contributed by atoms with E-state index in [2.05, 4.69) is 15.3 Å². The van der Waals surface area contributed by atoms with Gasteiger partial charge >= 0.3 is 12.1 Å². The molecular weight excluding hydrogens is 302 g/mol. The molecule has 0 saturated carbocycles. The monoisotopic (exact) mass is 323 g/mol. The Kier molecular flexibility index (Phi) is 6.85. The normalized spacial score (nSPS) is 11.5. The Bertz CT molecular complexity index is 552. The predicted molar refractivity (Wildman–Crippen MR) is 83.9 cm³/mol. The summed E-state index contributed by atoms with van der Waals surface area (Å²) in [5.74, 6) is -0.258. The van der Waals surface area contributed by atoms with Gasteiger partial charge < -0.3 is 25.4 Å². The minimum Gasteiger partial charge on any atom is -0.482 e. The highest BCUT2D eigenvalue weighted by molar-refractivity contribution is 5.85. The molecule has 0 aliphatic heterocycles. The molecule has 126 valence electrons.